The molecular weight excluding hydrogens is 240 g/mol. The predicted octanol–water partition coefficient (Wildman–Crippen LogP) is 3.56. The van der Waals surface area contributed by atoms with Gasteiger partial charge in [-0.15, -0.1) is 0 Å². The quantitative estimate of drug-likeness (QED) is 0.780. The summed E-state index contributed by atoms with van der Waals surface area (Å²) in [5.41, 5.74) is 2.35. The molecule has 1 aromatic rings. The zero-order chi connectivity index (χ0) is 14.8. The molecule has 0 spiro atoms. The number of ketones is 1. The van der Waals surface area contributed by atoms with Crippen LogP contribution in [0.1, 0.15) is 42.3 Å². The average Bonchev–Trinajstić information content (AvgIpc) is 2.30. The number of rotatable bonds is 4. The highest BCUT2D eigenvalue weighted by molar-refractivity contribution is 6.01. The molecule has 3 nitrogen and oxygen atoms in total. The lowest BCUT2D eigenvalue weighted by Crippen LogP contribution is -2.36. The Kier molecular flexibility index (Phi) is 4.75. The number of aryl methyl sites for hydroxylation is 2. The highest BCUT2D eigenvalue weighted by Crippen LogP contribution is 2.29. The van der Waals surface area contributed by atoms with E-state index in [0.717, 1.165) is 16.9 Å². The summed E-state index contributed by atoms with van der Waals surface area (Å²) in [5, 5.41) is 0. The van der Waals surface area contributed by atoms with Gasteiger partial charge in [0.2, 0.25) is 0 Å². The standard InChI is InChI=1S/C16H24O3/c1-10-9-13(18-6)11(2)8-12(10)14(17)15(19-7)16(3,4)5/h8-9,15H,1-7H3. The third-order valence-electron chi connectivity index (χ3n) is 3.27. The summed E-state index contributed by atoms with van der Waals surface area (Å²) in [7, 11) is 3.22. The van der Waals surface area contributed by atoms with Crippen LogP contribution in [0.4, 0.5) is 0 Å². The van der Waals surface area contributed by atoms with Crippen molar-refractivity contribution in [3.05, 3.63) is 28.8 Å². The van der Waals surface area contributed by atoms with Crippen LogP contribution in [-0.4, -0.2) is 26.1 Å². The van der Waals surface area contributed by atoms with Crippen molar-refractivity contribution in [2.75, 3.05) is 14.2 Å². The van der Waals surface area contributed by atoms with Crippen LogP contribution in [0.2, 0.25) is 0 Å². The fraction of sp³-hybridized carbons (Fsp3) is 0.562. The van der Waals surface area contributed by atoms with Gasteiger partial charge in [0.25, 0.3) is 0 Å². The van der Waals surface area contributed by atoms with E-state index in [1.165, 1.54) is 0 Å². The number of hydrogen-bond donors (Lipinski definition) is 0. The zero-order valence-electron chi connectivity index (χ0n) is 13.0. The van der Waals surface area contributed by atoms with Gasteiger partial charge in [0.15, 0.2) is 5.78 Å². The van der Waals surface area contributed by atoms with E-state index in [1.807, 2.05) is 46.8 Å². The van der Waals surface area contributed by atoms with Gasteiger partial charge in [-0.3, -0.25) is 4.79 Å². The molecule has 0 aliphatic carbocycles. The van der Waals surface area contributed by atoms with Crippen molar-refractivity contribution in [2.24, 2.45) is 5.41 Å². The molecule has 106 valence electrons. The molecule has 1 unspecified atom stereocenters. The summed E-state index contributed by atoms with van der Waals surface area (Å²) < 4.78 is 10.7. The summed E-state index contributed by atoms with van der Waals surface area (Å²) in [6, 6.07) is 3.78. The van der Waals surface area contributed by atoms with Crippen LogP contribution in [0.3, 0.4) is 0 Å². The number of carbonyl (C=O) groups is 1. The number of carbonyl (C=O) groups excluding carboxylic acids is 1. The van der Waals surface area contributed by atoms with Crippen molar-refractivity contribution in [1.82, 2.24) is 0 Å². The molecule has 1 aromatic carbocycles. The predicted molar refractivity (Wildman–Crippen MR) is 77.1 cm³/mol. The Bertz CT molecular complexity index is 470. The highest BCUT2D eigenvalue weighted by Gasteiger charge is 2.32. The first-order valence-electron chi connectivity index (χ1n) is 6.44. The second-order valence-corrected chi connectivity index (χ2v) is 5.98. The minimum absolute atomic E-state index is 0.0262. The van der Waals surface area contributed by atoms with Gasteiger partial charge < -0.3 is 9.47 Å². The molecule has 19 heavy (non-hydrogen) atoms. The van der Waals surface area contributed by atoms with E-state index in [-0.39, 0.29) is 11.2 Å². The number of methoxy groups -OCH3 is 2. The van der Waals surface area contributed by atoms with E-state index in [1.54, 1.807) is 14.2 Å². The first-order valence-corrected chi connectivity index (χ1v) is 6.44. The summed E-state index contributed by atoms with van der Waals surface area (Å²) in [6.07, 6.45) is -0.445. The lowest BCUT2D eigenvalue weighted by molar-refractivity contribution is 0.0195. The third-order valence-corrected chi connectivity index (χ3v) is 3.27. The van der Waals surface area contributed by atoms with Crippen molar-refractivity contribution in [3.8, 4) is 5.75 Å². The lowest BCUT2D eigenvalue weighted by atomic mass is 9.83. The van der Waals surface area contributed by atoms with Gasteiger partial charge in [0.05, 0.1) is 7.11 Å². The molecule has 1 rings (SSSR count). The van der Waals surface area contributed by atoms with Crippen LogP contribution in [-0.2, 0) is 4.74 Å². The van der Waals surface area contributed by atoms with E-state index >= 15 is 0 Å². The maximum absolute atomic E-state index is 12.6. The SMILES string of the molecule is COc1cc(C)c(C(=O)C(OC)C(C)(C)C)cc1C. The number of hydrogen-bond acceptors (Lipinski definition) is 3. The Labute approximate surface area is 115 Å². The van der Waals surface area contributed by atoms with E-state index in [2.05, 4.69) is 0 Å². The Morgan fingerprint density at radius 2 is 1.68 bits per heavy atom. The highest BCUT2D eigenvalue weighted by atomic mass is 16.5. The Balaban J connectivity index is 3.23. The Morgan fingerprint density at radius 3 is 2.11 bits per heavy atom. The number of ether oxygens (including phenoxy) is 2. The van der Waals surface area contributed by atoms with Crippen LogP contribution >= 0.6 is 0 Å². The third kappa shape index (κ3) is 3.35. The van der Waals surface area contributed by atoms with Gasteiger partial charge in [0, 0.05) is 12.7 Å². The lowest BCUT2D eigenvalue weighted by Gasteiger charge is -2.28. The zero-order valence-corrected chi connectivity index (χ0v) is 13.0. The van der Waals surface area contributed by atoms with Gasteiger partial charge in [-0.1, -0.05) is 20.8 Å². The molecule has 0 aliphatic rings. The molecule has 0 bridgehead atoms. The molecule has 0 aromatic heterocycles. The summed E-state index contributed by atoms with van der Waals surface area (Å²) in [4.78, 5) is 12.6. The van der Waals surface area contributed by atoms with Crippen molar-refractivity contribution < 1.29 is 14.3 Å². The van der Waals surface area contributed by atoms with Crippen LogP contribution in [0.15, 0.2) is 12.1 Å². The molecule has 0 saturated heterocycles. The Hall–Kier alpha value is -1.35. The monoisotopic (exact) mass is 264 g/mol. The first kappa shape index (κ1) is 15.7. The van der Waals surface area contributed by atoms with E-state index in [4.69, 9.17) is 9.47 Å². The second kappa shape index (κ2) is 5.74. The summed E-state index contributed by atoms with van der Waals surface area (Å²) in [6.45, 7) is 9.87. The van der Waals surface area contributed by atoms with Crippen molar-refractivity contribution in [3.63, 3.8) is 0 Å². The van der Waals surface area contributed by atoms with Crippen LogP contribution in [0.5, 0.6) is 5.75 Å². The van der Waals surface area contributed by atoms with Gasteiger partial charge in [-0.05, 0) is 42.5 Å². The molecule has 0 N–H and O–H groups in total. The van der Waals surface area contributed by atoms with Gasteiger partial charge in [-0.25, -0.2) is 0 Å². The fourth-order valence-corrected chi connectivity index (χ4v) is 2.27. The maximum Gasteiger partial charge on any atom is 0.192 e. The first-order chi connectivity index (χ1) is 8.72. The van der Waals surface area contributed by atoms with E-state index in [9.17, 15) is 4.79 Å². The minimum atomic E-state index is -0.445. The maximum atomic E-state index is 12.6. The van der Waals surface area contributed by atoms with Gasteiger partial charge in [-0.2, -0.15) is 0 Å². The summed E-state index contributed by atoms with van der Waals surface area (Å²) in [5.74, 6) is 0.831. The van der Waals surface area contributed by atoms with Gasteiger partial charge >= 0.3 is 0 Å². The molecule has 0 amide bonds. The Morgan fingerprint density at radius 1 is 1.11 bits per heavy atom. The fourth-order valence-electron chi connectivity index (χ4n) is 2.27. The number of benzene rings is 1. The molecule has 1 atom stereocenters. The van der Waals surface area contributed by atoms with Crippen molar-refractivity contribution >= 4 is 5.78 Å². The smallest absolute Gasteiger partial charge is 0.192 e. The largest absolute Gasteiger partial charge is 0.496 e. The molecule has 3 heteroatoms. The molecule has 0 aliphatic heterocycles. The van der Waals surface area contributed by atoms with Crippen LogP contribution in [0, 0.1) is 19.3 Å². The second-order valence-electron chi connectivity index (χ2n) is 5.98. The van der Waals surface area contributed by atoms with Crippen LogP contribution < -0.4 is 4.74 Å². The molecule has 0 saturated carbocycles. The normalized spacial score (nSPS) is 13.2. The average molecular weight is 264 g/mol. The topological polar surface area (TPSA) is 35.5 Å². The molecular formula is C16H24O3. The number of Topliss-reactive ketones (excluding diaryl/α,β-unsaturated/α-hetero) is 1. The van der Waals surface area contributed by atoms with Crippen LogP contribution in [0.25, 0.3) is 0 Å². The van der Waals surface area contributed by atoms with E-state index < -0.39 is 6.10 Å². The molecule has 0 radical (unpaired) electrons. The van der Waals surface area contributed by atoms with Crippen molar-refractivity contribution in [2.45, 2.75) is 40.7 Å². The summed E-state index contributed by atoms with van der Waals surface area (Å²) >= 11 is 0. The van der Waals surface area contributed by atoms with Gasteiger partial charge in [0.1, 0.15) is 11.9 Å². The van der Waals surface area contributed by atoms with Crippen molar-refractivity contribution in [1.29, 1.82) is 0 Å². The molecule has 0 fully saturated rings. The minimum Gasteiger partial charge on any atom is -0.496 e. The van der Waals surface area contributed by atoms with E-state index in [0.29, 0.717) is 5.56 Å². The molecule has 0 heterocycles.